The molecule has 2 aliphatic carbocycles. The van der Waals surface area contributed by atoms with E-state index in [0.717, 1.165) is 6.42 Å². The molecular formula is C11H16O. The van der Waals surface area contributed by atoms with Crippen molar-refractivity contribution in [2.75, 3.05) is 0 Å². The molecule has 2 aliphatic rings. The molecule has 0 amide bonds. The normalized spacial score (nSPS) is 27.4. The first-order valence-electron chi connectivity index (χ1n) is 4.61. The van der Waals surface area contributed by atoms with Crippen LogP contribution in [0.4, 0.5) is 0 Å². The molecule has 0 radical (unpaired) electrons. The van der Waals surface area contributed by atoms with E-state index in [2.05, 4.69) is 32.9 Å². The molecule has 1 unspecified atom stereocenters. The van der Waals surface area contributed by atoms with Gasteiger partial charge in [0.25, 0.3) is 0 Å². The molecule has 0 spiro atoms. The third-order valence-corrected chi connectivity index (χ3v) is 2.32. The molecule has 0 saturated heterocycles. The van der Waals surface area contributed by atoms with Crippen LogP contribution in [0.15, 0.2) is 23.3 Å². The molecule has 66 valence electrons. The van der Waals surface area contributed by atoms with E-state index in [1.165, 1.54) is 12.0 Å². The standard InChI is InChI=1S/C11H16O/c1-11(2,3)12-10-7-8-4-5-9(10)6-8/h4-5,10H,6-7H2,1-3H3. The Hall–Kier alpha value is -0.560. The van der Waals surface area contributed by atoms with E-state index in [9.17, 15) is 0 Å². The number of hydrogen-bond donors (Lipinski definition) is 0. The minimum Gasteiger partial charge on any atom is -0.368 e. The summed E-state index contributed by atoms with van der Waals surface area (Å²) in [4.78, 5) is 0. The Morgan fingerprint density at radius 2 is 2.08 bits per heavy atom. The molecule has 0 N–H and O–H groups in total. The van der Waals surface area contributed by atoms with Crippen molar-refractivity contribution in [3.8, 4) is 0 Å². The van der Waals surface area contributed by atoms with E-state index in [1.807, 2.05) is 0 Å². The summed E-state index contributed by atoms with van der Waals surface area (Å²) in [5.41, 5.74) is 3.01. The minimum absolute atomic E-state index is 0.00343. The topological polar surface area (TPSA) is 9.23 Å². The van der Waals surface area contributed by atoms with Gasteiger partial charge in [-0.2, -0.15) is 0 Å². The van der Waals surface area contributed by atoms with Crippen LogP contribution >= 0.6 is 0 Å². The van der Waals surface area contributed by atoms with Gasteiger partial charge in [-0.3, -0.25) is 0 Å². The van der Waals surface area contributed by atoms with Crippen LogP contribution in [0.2, 0.25) is 0 Å². The molecule has 1 atom stereocenters. The zero-order valence-electron chi connectivity index (χ0n) is 8.05. The van der Waals surface area contributed by atoms with Gasteiger partial charge in [-0.15, -0.1) is 0 Å². The second-order valence-electron chi connectivity index (χ2n) is 4.67. The van der Waals surface area contributed by atoms with Gasteiger partial charge in [0, 0.05) is 0 Å². The van der Waals surface area contributed by atoms with Crippen LogP contribution < -0.4 is 0 Å². The van der Waals surface area contributed by atoms with Crippen molar-refractivity contribution in [1.29, 1.82) is 0 Å². The van der Waals surface area contributed by atoms with E-state index in [1.54, 1.807) is 5.57 Å². The molecule has 1 fully saturated rings. The van der Waals surface area contributed by atoms with Crippen molar-refractivity contribution in [1.82, 2.24) is 0 Å². The van der Waals surface area contributed by atoms with Gasteiger partial charge in [-0.25, -0.2) is 0 Å². The van der Waals surface area contributed by atoms with Crippen molar-refractivity contribution < 1.29 is 4.74 Å². The third-order valence-electron chi connectivity index (χ3n) is 2.32. The Balaban J connectivity index is 2.01. The quantitative estimate of drug-likeness (QED) is 0.579. The predicted octanol–water partition coefficient (Wildman–Crippen LogP) is 2.83. The van der Waals surface area contributed by atoms with Crippen molar-refractivity contribution >= 4 is 0 Å². The van der Waals surface area contributed by atoms with Crippen LogP contribution in [-0.2, 0) is 4.74 Å². The lowest BCUT2D eigenvalue weighted by molar-refractivity contribution is -0.0385. The smallest absolute Gasteiger partial charge is 0.0835 e. The van der Waals surface area contributed by atoms with Gasteiger partial charge in [0.1, 0.15) is 0 Å². The largest absolute Gasteiger partial charge is 0.368 e. The van der Waals surface area contributed by atoms with Crippen LogP contribution in [0.25, 0.3) is 0 Å². The highest BCUT2D eigenvalue weighted by Crippen LogP contribution is 2.38. The molecule has 1 saturated carbocycles. The molecule has 0 heterocycles. The highest BCUT2D eigenvalue weighted by molar-refractivity contribution is 5.40. The first-order chi connectivity index (χ1) is 5.54. The zero-order valence-corrected chi connectivity index (χ0v) is 8.05. The summed E-state index contributed by atoms with van der Waals surface area (Å²) in [7, 11) is 0. The summed E-state index contributed by atoms with van der Waals surface area (Å²) < 4.78 is 5.92. The first kappa shape index (κ1) is 8.06. The second-order valence-corrected chi connectivity index (χ2v) is 4.67. The van der Waals surface area contributed by atoms with Crippen molar-refractivity contribution in [3.05, 3.63) is 23.3 Å². The van der Waals surface area contributed by atoms with Gasteiger partial charge in [0.15, 0.2) is 0 Å². The lowest BCUT2D eigenvalue weighted by Gasteiger charge is -2.26. The molecule has 0 aromatic rings. The Bertz CT molecular complexity index is 253. The van der Waals surface area contributed by atoms with Gasteiger partial charge in [-0.05, 0) is 39.2 Å². The van der Waals surface area contributed by atoms with Crippen LogP contribution in [0, 0.1) is 0 Å². The number of rotatable bonds is 1. The minimum atomic E-state index is -0.00343. The van der Waals surface area contributed by atoms with E-state index >= 15 is 0 Å². The fraction of sp³-hybridized carbons (Fsp3) is 0.636. The highest BCUT2D eigenvalue weighted by Gasteiger charge is 2.31. The van der Waals surface area contributed by atoms with Gasteiger partial charge < -0.3 is 4.74 Å². The molecule has 0 aromatic carbocycles. The summed E-state index contributed by atoms with van der Waals surface area (Å²) in [5.74, 6) is 0. The molecule has 2 rings (SSSR count). The van der Waals surface area contributed by atoms with Crippen LogP contribution in [0.5, 0.6) is 0 Å². The van der Waals surface area contributed by atoms with E-state index in [4.69, 9.17) is 4.74 Å². The number of fused-ring (bicyclic) bond motifs is 2. The average Bonchev–Trinajstić information content (AvgIpc) is 2.42. The maximum atomic E-state index is 5.92. The van der Waals surface area contributed by atoms with Gasteiger partial charge in [-0.1, -0.05) is 17.7 Å². The van der Waals surface area contributed by atoms with Crippen molar-refractivity contribution in [2.24, 2.45) is 0 Å². The van der Waals surface area contributed by atoms with E-state index in [-0.39, 0.29) is 5.60 Å². The summed E-state index contributed by atoms with van der Waals surface area (Å²) in [6.07, 6.45) is 7.13. The molecular weight excluding hydrogens is 148 g/mol. The highest BCUT2D eigenvalue weighted by atomic mass is 16.5. The monoisotopic (exact) mass is 164 g/mol. The summed E-state index contributed by atoms with van der Waals surface area (Å²) in [6, 6.07) is 0. The lowest BCUT2D eigenvalue weighted by atomic mass is 10.1. The first-order valence-corrected chi connectivity index (χ1v) is 4.61. The van der Waals surface area contributed by atoms with Crippen molar-refractivity contribution in [2.45, 2.75) is 45.3 Å². The van der Waals surface area contributed by atoms with Gasteiger partial charge in [0.05, 0.1) is 11.7 Å². The summed E-state index contributed by atoms with van der Waals surface area (Å²) >= 11 is 0. The Morgan fingerprint density at radius 1 is 1.33 bits per heavy atom. The Morgan fingerprint density at radius 3 is 2.50 bits per heavy atom. The Kier molecular flexibility index (Phi) is 1.65. The zero-order chi connectivity index (χ0) is 8.77. The molecule has 12 heavy (non-hydrogen) atoms. The fourth-order valence-electron chi connectivity index (χ4n) is 1.88. The predicted molar refractivity (Wildman–Crippen MR) is 50.0 cm³/mol. The van der Waals surface area contributed by atoms with Crippen molar-refractivity contribution in [3.63, 3.8) is 0 Å². The Labute approximate surface area is 74.1 Å². The maximum Gasteiger partial charge on any atom is 0.0835 e. The fourth-order valence-corrected chi connectivity index (χ4v) is 1.88. The SMILES string of the molecule is CC(C)(C)OC1CC2=CC=C1C2. The average molecular weight is 164 g/mol. The van der Waals surface area contributed by atoms with E-state index in [0.29, 0.717) is 6.10 Å². The van der Waals surface area contributed by atoms with Gasteiger partial charge in [0.2, 0.25) is 0 Å². The number of allylic oxidation sites excluding steroid dienone is 2. The van der Waals surface area contributed by atoms with Crippen LogP contribution in [-0.4, -0.2) is 11.7 Å². The van der Waals surface area contributed by atoms with E-state index < -0.39 is 0 Å². The molecule has 0 aromatic heterocycles. The molecule has 1 nitrogen and oxygen atoms in total. The molecule has 1 heteroatoms. The summed E-state index contributed by atoms with van der Waals surface area (Å²) in [5, 5.41) is 0. The lowest BCUT2D eigenvalue weighted by Crippen LogP contribution is -2.26. The third kappa shape index (κ3) is 1.46. The van der Waals surface area contributed by atoms with Gasteiger partial charge >= 0.3 is 0 Å². The summed E-state index contributed by atoms with van der Waals surface area (Å²) in [6.45, 7) is 6.36. The molecule has 2 bridgehead atoms. The number of hydrogen-bond acceptors (Lipinski definition) is 1. The number of ether oxygens (including phenoxy) is 1. The molecule has 0 aliphatic heterocycles. The maximum absolute atomic E-state index is 5.92. The second kappa shape index (κ2) is 2.46. The van der Waals surface area contributed by atoms with Crippen LogP contribution in [0.3, 0.4) is 0 Å². The van der Waals surface area contributed by atoms with Crippen LogP contribution in [0.1, 0.15) is 33.6 Å².